The number of piperazine rings is 1. The summed E-state index contributed by atoms with van der Waals surface area (Å²) in [5.74, 6) is 2.20. The van der Waals surface area contributed by atoms with Gasteiger partial charge in [-0.05, 0) is 6.26 Å². The van der Waals surface area contributed by atoms with Crippen molar-refractivity contribution < 1.29 is 9.32 Å². The van der Waals surface area contributed by atoms with Crippen molar-refractivity contribution in [1.82, 2.24) is 19.9 Å². The molecule has 0 unspecified atom stereocenters. The number of likely N-dealkylation sites (N-methyl/N-ethyl adjacent to an activating group) is 1. The number of hydrogen-bond acceptors (Lipinski definition) is 6. The minimum atomic E-state index is 0.139. The lowest BCUT2D eigenvalue weighted by Crippen LogP contribution is -2.48. The summed E-state index contributed by atoms with van der Waals surface area (Å²) in [5.41, 5.74) is 0. The predicted octanol–water partition coefficient (Wildman–Crippen LogP) is 0.207. The van der Waals surface area contributed by atoms with E-state index in [-0.39, 0.29) is 5.91 Å². The average Bonchev–Trinajstić information content (AvgIpc) is 2.72. The van der Waals surface area contributed by atoms with Gasteiger partial charge >= 0.3 is 0 Å². The fraction of sp³-hybridized carbons (Fsp3) is 0.700. The number of aromatic nitrogens is 2. The van der Waals surface area contributed by atoms with Crippen LogP contribution in [0.5, 0.6) is 0 Å². The molecule has 0 bridgehead atoms. The van der Waals surface area contributed by atoms with Crippen LogP contribution in [0.3, 0.4) is 0 Å². The molecular weight excluding hydrogens is 240 g/mol. The highest BCUT2D eigenvalue weighted by Gasteiger charge is 2.22. The van der Waals surface area contributed by atoms with Crippen LogP contribution in [0, 0.1) is 0 Å². The molecule has 1 amide bonds. The van der Waals surface area contributed by atoms with Crippen LogP contribution in [0.25, 0.3) is 0 Å². The van der Waals surface area contributed by atoms with E-state index >= 15 is 0 Å². The van der Waals surface area contributed by atoms with Crippen LogP contribution < -0.4 is 0 Å². The van der Waals surface area contributed by atoms with Crippen molar-refractivity contribution in [2.45, 2.75) is 12.3 Å². The van der Waals surface area contributed by atoms with E-state index in [1.807, 2.05) is 18.2 Å². The second kappa shape index (κ2) is 5.50. The van der Waals surface area contributed by atoms with Crippen LogP contribution in [0.1, 0.15) is 11.7 Å². The minimum Gasteiger partial charge on any atom is -0.343 e. The molecule has 94 valence electrons. The summed E-state index contributed by atoms with van der Waals surface area (Å²) < 4.78 is 5.14. The van der Waals surface area contributed by atoms with Gasteiger partial charge in [0.15, 0.2) is 5.82 Å². The molecule has 1 aliphatic heterocycles. The molecule has 2 heterocycles. The van der Waals surface area contributed by atoms with Gasteiger partial charge in [0.05, 0.1) is 18.8 Å². The summed E-state index contributed by atoms with van der Waals surface area (Å²) in [6.45, 7) is 2.59. The smallest absolute Gasteiger partial charge is 0.240 e. The Balaban J connectivity index is 1.89. The van der Waals surface area contributed by atoms with Crippen LogP contribution in [0.15, 0.2) is 4.52 Å². The van der Waals surface area contributed by atoms with E-state index in [9.17, 15) is 4.79 Å². The molecule has 0 spiro atoms. The molecule has 0 radical (unpaired) electrons. The summed E-state index contributed by atoms with van der Waals surface area (Å²) in [6.07, 6.45) is 2.00. The van der Waals surface area contributed by atoms with E-state index in [0.29, 0.717) is 24.8 Å². The Bertz CT molecular complexity index is 395. The molecule has 1 aromatic heterocycles. The maximum absolute atomic E-state index is 11.5. The van der Waals surface area contributed by atoms with E-state index in [0.717, 1.165) is 18.8 Å². The summed E-state index contributed by atoms with van der Waals surface area (Å²) in [4.78, 5) is 19.6. The Morgan fingerprint density at radius 2 is 2.29 bits per heavy atom. The Labute approximate surface area is 104 Å². The van der Waals surface area contributed by atoms with Crippen LogP contribution >= 0.6 is 11.8 Å². The second-order valence-corrected chi connectivity index (χ2v) is 4.93. The Hall–Kier alpha value is -1.08. The fourth-order valence-corrected chi connectivity index (χ4v) is 2.05. The summed E-state index contributed by atoms with van der Waals surface area (Å²) in [5, 5.41) is 3.88. The maximum Gasteiger partial charge on any atom is 0.240 e. The average molecular weight is 256 g/mol. The topological polar surface area (TPSA) is 62.5 Å². The molecule has 0 saturated carbocycles. The highest BCUT2D eigenvalue weighted by Crippen LogP contribution is 2.09. The first-order valence-electron chi connectivity index (χ1n) is 5.45. The van der Waals surface area contributed by atoms with Crippen molar-refractivity contribution in [3.8, 4) is 0 Å². The van der Waals surface area contributed by atoms with Gasteiger partial charge in [-0.25, -0.2) is 0 Å². The van der Waals surface area contributed by atoms with Crippen LogP contribution in [-0.4, -0.2) is 58.8 Å². The third kappa shape index (κ3) is 3.19. The lowest BCUT2D eigenvalue weighted by atomic mass is 10.3. The Kier molecular flexibility index (Phi) is 4.01. The first kappa shape index (κ1) is 12.4. The molecule has 1 saturated heterocycles. The van der Waals surface area contributed by atoms with Gasteiger partial charge in [-0.1, -0.05) is 5.16 Å². The van der Waals surface area contributed by atoms with E-state index in [2.05, 4.69) is 10.1 Å². The number of hydrogen-bond donors (Lipinski definition) is 0. The van der Waals surface area contributed by atoms with Crippen molar-refractivity contribution in [2.24, 2.45) is 0 Å². The van der Waals surface area contributed by atoms with E-state index < -0.39 is 0 Å². The molecule has 17 heavy (non-hydrogen) atoms. The zero-order chi connectivity index (χ0) is 12.3. The molecule has 1 fully saturated rings. The summed E-state index contributed by atoms with van der Waals surface area (Å²) in [7, 11) is 1.82. The number of nitrogens with zero attached hydrogens (tertiary/aromatic N) is 4. The largest absolute Gasteiger partial charge is 0.343 e. The van der Waals surface area contributed by atoms with Crippen molar-refractivity contribution in [3.05, 3.63) is 11.7 Å². The number of thioether (sulfide) groups is 1. The van der Waals surface area contributed by atoms with Gasteiger partial charge in [-0.15, -0.1) is 0 Å². The molecular formula is C10H16N4O2S. The van der Waals surface area contributed by atoms with Gasteiger partial charge in [0.2, 0.25) is 11.8 Å². The lowest BCUT2D eigenvalue weighted by Gasteiger charge is -2.30. The molecule has 0 N–H and O–H groups in total. The van der Waals surface area contributed by atoms with Crippen molar-refractivity contribution in [2.75, 3.05) is 32.9 Å². The molecule has 0 aromatic carbocycles. The molecule has 0 aliphatic carbocycles. The molecule has 1 aromatic rings. The molecule has 0 atom stereocenters. The van der Waals surface area contributed by atoms with Crippen molar-refractivity contribution in [3.63, 3.8) is 0 Å². The monoisotopic (exact) mass is 256 g/mol. The molecule has 1 aliphatic rings. The van der Waals surface area contributed by atoms with Crippen LogP contribution in [0.2, 0.25) is 0 Å². The fourth-order valence-electron chi connectivity index (χ4n) is 1.68. The molecule has 6 nitrogen and oxygen atoms in total. The summed E-state index contributed by atoms with van der Waals surface area (Å²) >= 11 is 1.66. The highest BCUT2D eigenvalue weighted by molar-refractivity contribution is 7.97. The molecule has 2 rings (SSSR count). The second-order valence-electron chi connectivity index (χ2n) is 4.06. The van der Waals surface area contributed by atoms with E-state index in [1.54, 1.807) is 16.7 Å². The van der Waals surface area contributed by atoms with Crippen molar-refractivity contribution in [1.29, 1.82) is 0 Å². The van der Waals surface area contributed by atoms with E-state index in [4.69, 9.17) is 4.52 Å². The van der Waals surface area contributed by atoms with Gasteiger partial charge in [0.1, 0.15) is 0 Å². The number of rotatable bonds is 4. The third-order valence-electron chi connectivity index (χ3n) is 2.68. The van der Waals surface area contributed by atoms with E-state index in [1.165, 1.54) is 0 Å². The first-order valence-corrected chi connectivity index (χ1v) is 6.85. The standard InChI is InChI=1S/C10H16N4O2S/c1-13-3-4-14(6-10(13)15)5-9-11-8(7-17-2)12-16-9/h3-7H2,1-2H3. The quantitative estimate of drug-likeness (QED) is 0.767. The number of carbonyl (C=O) groups excluding carboxylic acids is 1. The zero-order valence-electron chi connectivity index (χ0n) is 10.0. The Morgan fingerprint density at radius 3 is 3.00 bits per heavy atom. The highest BCUT2D eigenvalue weighted by atomic mass is 32.2. The number of carbonyl (C=O) groups is 1. The zero-order valence-corrected chi connectivity index (χ0v) is 10.9. The van der Waals surface area contributed by atoms with Gasteiger partial charge in [0, 0.05) is 20.1 Å². The van der Waals surface area contributed by atoms with Gasteiger partial charge in [-0.2, -0.15) is 16.7 Å². The minimum absolute atomic E-state index is 0.139. The van der Waals surface area contributed by atoms with Gasteiger partial charge in [0.25, 0.3) is 0 Å². The van der Waals surface area contributed by atoms with Crippen LogP contribution in [0.4, 0.5) is 0 Å². The molecule has 7 heteroatoms. The summed E-state index contributed by atoms with van der Waals surface area (Å²) in [6, 6.07) is 0. The normalized spacial score (nSPS) is 17.8. The van der Waals surface area contributed by atoms with Gasteiger partial charge in [-0.3, -0.25) is 9.69 Å². The number of amides is 1. The first-order chi connectivity index (χ1) is 8.19. The predicted molar refractivity (Wildman–Crippen MR) is 64.4 cm³/mol. The maximum atomic E-state index is 11.5. The van der Waals surface area contributed by atoms with Crippen LogP contribution in [-0.2, 0) is 17.1 Å². The SMILES string of the molecule is CSCc1noc(CN2CCN(C)C(=O)C2)n1. The van der Waals surface area contributed by atoms with Gasteiger partial charge < -0.3 is 9.42 Å². The third-order valence-corrected chi connectivity index (χ3v) is 3.23. The van der Waals surface area contributed by atoms with Crippen molar-refractivity contribution >= 4 is 17.7 Å². The lowest BCUT2D eigenvalue weighted by molar-refractivity contribution is -0.134. The Morgan fingerprint density at radius 1 is 1.47 bits per heavy atom.